The lowest BCUT2D eigenvalue weighted by atomic mass is 9.55. The van der Waals surface area contributed by atoms with Gasteiger partial charge in [0.05, 0.1) is 12.2 Å². The summed E-state index contributed by atoms with van der Waals surface area (Å²) in [7, 11) is 0. The van der Waals surface area contributed by atoms with Gasteiger partial charge in [-0.15, -0.1) is 0 Å². The van der Waals surface area contributed by atoms with E-state index < -0.39 is 0 Å². The third-order valence-corrected chi connectivity index (χ3v) is 7.41. The van der Waals surface area contributed by atoms with Crippen molar-refractivity contribution in [3.05, 3.63) is 36.3 Å². The first-order valence-electron chi connectivity index (χ1n) is 10.6. The van der Waals surface area contributed by atoms with Crippen molar-refractivity contribution in [3.8, 4) is 0 Å². The predicted molar refractivity (Wildman–Crippen MR) is 105 cm³/mol. The van der Waals surface area contributed by atoms with E-state index in [0.717, 1.165) is 44.4 Å². The minimum absolute atomic E-state index is 0.00333. The van der Waals surface area contributed by atoms with Crippen LogP contribution in [-0.4, -0.2) is 24.7 Å². The topological polar surface area (TPSA) is 51.5 Å². The molecule has 2 saturated carbocycles. The van der Waals surface area contributed by atoms with Crippen LogP contribution in [0.5, 0.6) is 0 Å². The van der Waals surface area contributed by atoms with Gasteiger partial charge in [-0.2, -0.15) is 0 Å². The zero-order chi connectivity index (χ0) is 19.0. The minimum atomic E-state index is -0.0136. The van der Waals surface area contributed by atoms with E-state index in [1.165, 1.54) is 18.4 Å². The molecule has 1 aromatic rings. The van der Waals surface area contributed by atoms with Crippen LogP contribution < -0.4 is 5.32 Å². The number of hydrogen-bond donors (Lipinski definition) is 1. The zero-order valence-corrected chi connectivity index (χ0v) is 16.7. The number of rotatable bonds is 6. The highest BCUT2D eigenvalue weighted by molar-refractivity contribution is 5.75. The van der Waals surface area contributed by atoms with Gasteiger partial charge in [0.25, 0.3) is 0 Å². The normalized spacial score (nSPS) is 36.8. The second-order valence-corrected chi connectivity index (χ2v) is 9.33. The summed E-state index contributed by atoms with van der Waals surface area (Å²) in [4.78, 5) is 12.6. The molecule has 0 amide bonds. The summed E-state index contributed by atoms with van der Waals surface area (Å²) < 4.78 is 11.3. The monoisotopic (exact) mass is 371 g/mol. The molecule has 4 heteroatoms. The Morgan fingerprint density at radius 1 is 1.44 bits per heavy atom. The fraction of sp³-hybridized carbons (Fsp3) is 0.696. The lowest BCUT2D eigenvalue weighted by Gasteiger charge is -2.50. The lowest BCUT2D eigenvalue weighted by molar-refractivity contribution is -0.146. The van der Waals surface area contributed by atoms with Crippen molar-refractivity contribution in [2.24, 2.45) is 23.2 Å². The van der Waals surface area contributed by atoms with Crippen LogP contribution in [-0.2, 0) is 16.0 Å². The number of carbonyl (C=O) groups is 1. The van der Waals surface area contributed by atoms with E-state index in [9.17, 15) is 4.79 Å². The van der Waals surface area contributed by atoms with Crippen molar-refractivity contribution in [2.75, 3.05) is 6.54 Å². The Morgan fingerprint density at radius 2 is 2.30 bits per heavy atom. The average Bonchev–Trinajstić information content (AvgIpc) is 3.23. The molecule has 0 spiro atoms. The van der Waals surface area contributed by atoms with Gasteiger partial charge in [0.1, 0.15) is 11.9 Å². The van der Waals surface area contributed by atoms with Crippen LogP contribution in [0.4, 0.5) is 0 Å². The highest BCUT2D eigenvalue weighted by Gasteiger charge is 2.54. The van der Waals surface area contributed by atoms with E-state index in [0.29, 0.717) is 17.9 Å². The van der Waals surface area contributed by atoms with Crippen LogP contribution in [0.25, 0.3) is 0 Å². The Hall–Kier alpha value is -1.55. The molecule has 0 radical (unpaired) electrons. The SMILES string of the molecule is C=C1CCC[C@]2(C)C[C@H]3OC(=O)[C@@H](CN[C@H](C)CCc4ccco4)[C@@H]3C[C@H]12. The third kappa shape index (κ3) is 3.73. The molecule has 3 fully saturated rings. The number of fused-ring (bicyclic) bond motifs is 2. The van der Waals surface area contributed by atoms with Gasteiger partial charge >= 0.3 is 5.97 Å². The Balaban J connectivity index is 1.34. The lowest BCUT2D eigenvalue weighted by Crippen LogP contribution is -2.45. The van der Waals surface area contributed by atoms with Crippen LogP contribution >= 0.6 is 0 Å². The van der Waals surface area contributed by atoms with Gasteiger partial charge < -0.3 is 14.5 Å². The maximum atomic E-state index is 12.6. The van der Waals surface area contributed by atoms with Gasteiger partial charge in [-0.1, -0.05) is 19.1 Å². The molecule has 27 heavy (non-hydrogen) atoms. The molecular formula is C23H33NO3. The molecule has 4 rings (SSSR count). The van der Waals surface area contributed by atoms with E-state index in [1.807, 2.05) is 12.1 Å². The Kier molecular flexibility index (Phi) is 5.19. The van der Waals surface area contributed by atoms with Crippen LogP contribution in [0.2, 0.25) is 0 Å². The average molecular weight is 372 g/mol. The second kappa shape index (κ2) is 7.46. The third-order valence-electron chi connectivity index (χ3n) is 7.41. The van der Waals surface area contributed by atoms with Crippen LogP contribution in [0.15, 0.2) is 35.0 Å². The number of esters is 1. The first-order chi connectivity index (χ1) is 13.0. The summed E-state index contributed by atoms with van der Waals surface area (Å²) in [5, 5.41) is 3.58. The highest BCUT2D eigenvalue weighted by atomic mass is 16.6. The van der Waals surface area contributed by atoms with Crippen molar-refractivity contribution in [1.82, 2.24) is 5.32 Å². The number of furan rings is 1. The highest BCUT2D eigenvalue weighted by Crippen LogP contribution is 2.56. The molecular weight excluding hydrogens is 338 g/mol. The largest absolute Gasteiger partial charge is 0.469 e. The quantitative estimate of drug-likeness (QED) is 0.591. The van der Waals surface area contributed by atoms with Crippen molar-refractivity contribution in [1.29, 1.82) is 0 Å². The standard InChI is InChI=1S/C23H33NO3/c1-15-6-4-10-23(3)13-21-18(12-20(15)23)19(22(25)27-21)14-24-16(2)8-9-17-7-5-11-26-17/h5,7,11,16,18-21,24H,1,4,6,8-10,12-14H2,2-3H3/t16-,18+,19+,20-,21-,23-/m1/s1. The predicted octanol–water partition coefficient (Wildman–Crippen LogP) is 4.50. The number of allylic oxidation sites excluding steroid dienone is 1. The van der Waals surface area contributed by atoms with Gasteiger partial charge in [0.15, 0.2) is 0 Å². The molecule has 1 aliphatic heterocycles. The smallest absolute Gasteiger partial charge is 0.310 e. The number of carbonyl (C=O) groups excluding carboxylic acids is 1. The van der Waals surface area contributed by atoms with Gasteiger partial charge in [0, 0.05) is 24.9 Å². The van der Waals surface area contributed by atoms with Crippen molar-refractivity contribution >= 4 is 5.97 Å². The Morgan fingerprint density at radius 3 is 3.07 bits per heavy atom. The van der Waals surface area contributed by atoms with E-state index in [4.69, 9.17) is 9.15 Å². The van der Waals surface area contributed by atoms with Crippen molar-refractivity contribution in [3.63, 3.8) is 0 Å². The molecule has 6 atom stereocenters. The summed E-state index contributed by atoms with van der Waals surface area (Å²) in [5.41, 5.74) is 1.68. The van der Waals surface area contributed by atoms with Crippen LogP contribution in [0, 0.1) is 23.2 Å². The summed E-state index contributed by atoms with van der Waals surface area (Å²) >= 11 is 0. The summed E-state index contributed by atoms with van der Waals surface area (Å²) in [5.74, 6) is 1.91. The molecule has 0 aromatic carbocycles. The first-order valence-corrected chi connectivity index (χ1v) is 10.6. The molecule has 2 aliphatic carbocycles. The summed E-state index contributed by atoms with van der Waals surface area (Å²) in [6.45, 7) is 9.66. The Bertz CT molecular complexity index is 682. The summed E-state index contributed by atoms with van der Waals surface area (Å²) in [6, 6.07) is 4.29. The number of nitrogens with one attached hydrogen (secondary N) is 1. The molecule has 3 aliphatic rings. The number of hydrogen-bond acceptors (Lipinski definition) is 4. The summed E-state index contributed by atoms with van der Waals surface area (Å²) in [6.07, 6.45) is 9.45. The van der Waals surface area contributed by atoms with Gasteiger partial charge in [-0.05, 0) is 68.9 Å². The van der Waals surface area contributed by atoms with E-state index in [2.05, 4.69) is 25.7 Å². The van der Waals surface area contributed by atoms with Crippen LogP contribution in [0.1, 0.15) is 58.1 Å². The minimum Gasteiger partial charge on any atom is -0.469 e. The molecule has 2 heterocycles. The molecule has 1 aromatic heterocycles. The van der Waals surface area contributed by atoms with Crippen molar-refractivity contribution in [2.45, 2.75) is 70.9 Å². The Labute approximate surface area is 162 Å². The van der Waals surface area contributed by atoms with Gasteiger partial charge in [-0.25, -0.2) is 0 Å². The molecule has 1 saturated heterocycles. The fourth-order valence-electron chi connectivity index (χ4n) is 5.73. The van der Waals surface area contributed by atoms with E-state index in [-0.39, 0.29) is 23.4 Å². The number of aryl methyl sites for hydroxylation is 1. The molecule has 1 N–H and O–H groups in total. The van der Waals surface area contributed by atoms with Gasteiger partial charge in [0.2, 0.25) is 0 Å². The molecule has 4 nitrogen and oxygen atoms in total. The maximum Gasteiger partial charge on any atom is 0.310 e. The molecule has 0 bridgehead atoms. The maximum absolute atomic E-state index is 12.6. The number of ether oxygens (including phenoxy) is 1. The second-order valence-electron chi connectivity index (χ2n) is 9.33. The molecule has 148 valence electrons. The van der Waals surface area contributed by atoms with Crippen molar-refractivity contribution < 1.29 is 13.9 Å². The van der Waals surface area contributed by atoms with Gasteiger partial charge in [-0.3, -0.25) is 4.79 Å². The zero-order valence-electron chi connectivity index (χ0n) is 16.7. The van der Waals surface area contributed by atoms with E-state index >= 15 is 0 Å². The van der Waals surface area contributed by atoms with E-state index in [1.54, 1.807) is 6.26 Å². The molecule has 0 unspecified atom stereocenters. The van der Waals surface area contributed by atoms with Crippen LogP contribution in [0.3, 0.4) is 0 Å². The first kappa shape index (κ1) is 18.8. The fourth-order valence-corrected chi connectivity index (χ4v) is 5.73.